The summed E-state index contributed by atoms with van der Waals surface area (Å²) < 4.78 is 14.3. The van der Waals surface area contributed by atoms with Crippen LogP contribution in [0.25, 0.3) is 10.9 Å². The Labute approximate surface area is 167 Å². The highest BCUT2D eigenvalue weighted by atomic mass is 19.1. The molecule has 0 N–H and O–H groups in total. The number of aromatic nitrogens is 3. The van der Waals surface area contributed by atoms with Crippen LogP contribution in [0.2, 0.25) is 0 Å². The van der Waals surface area contributed by atoms with E-state index in [0.29, 0.717) is 43.5 Å². The fourth-order valence-electron chi connectivity index (χ4n) is 3.71. The van der Waals surface area contributed by atoms with Crippen LogP contribution in [0.5, 0.6) is 0 Å². The molecule has 7 nitrogen and oxygen atoms in total. The van der Waals surface area contributed by atoms with Gasteiger partial charge in [0.05, 0.1) is 5.39 Å². The third kappa shape index (κ3) is 3.70. The number of hydrogen-bond acceptors (Lipinski definition) is 5. The van der Waals surface area contributed by atoms with Crippen molar-refractivity contribution in [2.75, 3.05) is 31.1 Å². The van der Waals surface area contributed by atoms with Crippen molar-refractivity contribution in [2.24, 2.45) is 0 Å². The number of rotatable bonds is 4. The molecule has 1 atom stereocenters. The molecule has 29 heavy (non-hydrogen) atoms. The van der Waals surface area contributed by atoms with Gasteiger partial charge in [0.25, 0.3) is 5.56 Å². The summed E-state index contributed by atoms with van der Waals surface area (Å²) in [5, 5.41) is 8.58. The minimum absolute atomic E-state index is 0.127. The van der Waals surface area contributed by atoms with Gasteiger partial charge in [-0.15, -0.1) is 5.10 Å². The first-order valence-electron chi connectivity index (χ1n) is 9.72. The molecule has 4 rings (SSSR count). The maximum atomic E-state index is 13.1. The van der Waals surface area contributed by atoms with Gasteiger partial charge in [-0.25, -0.2) is 4.39 Å². The van der Waals surface area contributed by atoms with E-state index in [1.807, 2.05) is 6.92 Å². The van der Waals surface area contributed by atoms with Crippen molar-refractivity contribution < 1.29 is 9.18 Å². The molecule has 1 fully saturated rings. The number of halogens is 1. The molecule has 3 aromatic rings. The minimum Gasteiger partial charge on any atom is -0.368 e. The van der Waals surface area contributed by atoms with Gasteiger partial charge >= 0.3 is 0 Å². The molecule has 0 bridgehead atoms. The molecule has 0 saturated carbocycles. The molecule has 1 aliphatic heterocycles. The Morgan fingerprint density at radius 1 is 1.07 bits per heavy atom. The van der Waals surface area contributed by atoms with E-state index in [0.717, 1.165) is 5.69 Å². The molecular weight excluding hydrogens is 373 g/mol. The first-order valence-corrected chi connectivity index (χ1v) is 9.72. The smallest absolute Gasteiger partial charge is 0.278 e. The Morgan fingerprint density at radius 3 is 2.45 bits per heavy atom. The van der Waals surface area contributed by atoms with Crippen LogP contribution in [-0.2, 0) is 4.79 Å². The summed E-state index contributed by atoms with van der Waals surface area (Å²) in [4.78, 5) is 29.8. The third-order valence-electron chi connectivity index (χ3n) is 5.34. The molecule has 1 aliphatic rings. The van der Waals surface area contributed by atoms with Gasteiger partial charge in [-0.1, -0.05) is 24.3 Å². The van der Waals surface area contributed by atoms with Crippen LogP contribution in [-0.4, -0.2) is 52.0 Å². The van der Waals surface area contributed by atoms with Crippen LogP contribution in [0.15, 0.2) is 53.3 Å². The summed E-state index contributed by atoms with van der Waals surface area (Å²) >= 11 is 0. The quantitative estimate of drug-likeness (QED) is 0.678. The molecule has 150 valence electrons. The van der Waals surface area contributed by atoms with Crippen LogP contribution in [0.1, 0.15) is 19.4 Å². The Kier molecular flexibility index (Phi) is 5.24. The van der Waals surface area contributed by atoms with Gasteiger partial charge in [-0.2, -0.15) is 4.68 Å². The van der Waals surface area contributed by atoms with Gasteiger partial charge in [0, 0.05) is 31.9 Å². The van der Waals surface area contributed by atoms with Gasteiger partial charge in [0.15, 0.2) is 0 Å². The molecular formula is C21H22FN5O2. The second kappa shape index (κ2) is 7.98. The molecule has 1 aromatic heterocycles. The van der Waals surface area contributed by atoms with Gasteiger partial charge in [0.2, 0.25) is 5.91 Å². The van der Waals surface area contributed by atoms with E-state index in [1.165, 1.54) is 16.8 Å². The SMILES string of the molecule is CCC(C(=O)N1CCN(c2ccc(F)cc2)CC1)n1nnc2ccccc2c1=O. The summed E-state index contributed by atoms with van der Waals surface area (Å²) in [6.45, 7) is 4.21. The Bertz CT molecular complexity index is 1070. The zero-order valence-corrected chi connectivity index (χ0v) is 16.2. The van der Waals surface area contributed by atoms with Crippen molar-refractivity contribution in [3.8, 4) is 0 Å². The second-order valence-corrected chi connectivity index (χ2v) is 7.07. The fourth-order valence-corrected chi connectivity index (χ4v) is 3.71. The predicted molar refractivity (Wildman–Crippen MR) is 108 cm³/mol. The topological polar surface area (TPSA) is 71.3 Å². The molecule has 1 amide bonds. The summed E-state index contributed by atoms with van der Waals surface area (Å²) in [6.07, 6.45) is 0.448. The van der Waals surface area contributed by atoms with Crippen LogP contribution >= 0.6 is 0 Å². The third-order valence-corrected chi connectivity index (χ3v) is 5.34. The van der Waals surface area contributed by atoms with Crippen molar-refractivity contribution in [1.29, 1.82) is 0 Å². The average molecular weight is 395 g/mol. The van der Waals surface area contributed by atoms with E-state index in [4.69, 9.17) is 0 Å². The fraction of sp³-hybridized carbons (Fsp3) is 0.333. The zero-order valence-electron chi connectivity index (χ0n) is 16.2. The van der Waals surface area contributed by atoms with Crippen molar-refractivity contribution in [1.82, 2.24) is 19.9 Å². The molecule has 0 aliphatic carbocycles. The first-order chi connectivity index (χ1) is 14.1. The Hall–Kier alpha value is -3.29. The van der Waals surface area contributed by atoms with E-state index in [1.54, 1.807) is 41.3 Å². The lowest BCUT2D eigenvalue weighted by Gasteiger charge is -2.37. The zero-order chi connectivity index (χ0) is 20.4. The van der Waals surface area contributed by atoms with Crippen molar-refractivity contribution in [3.63, 3.8) is 0 Å². The molecule has 0 spiro atoms. The summed E-state index contributed by atoms with van der Waals surface area (Å²) in [6, 6.07) is 12.7. The number of anilines is 1. The number of piperazine rings is 1. The predicted octanol–water partition coefficient (Wildman–Crippen LogP) is 2.23. The highest BCUT2D eigenvalue weighted by Gasteiger charge is 2.29. The number of carbonyl (C=O) groups is 1. The van der Waals surface area contributed by atoms with Gasteiger partial charge < -0.3 is 9.80 Å². The maximum Gasteiger partial charge on any atom is 0.278 e. The molecule has 2 aromatic carbocycles. The summed E-state index contributed by atoms with van der Waals surface area (Å²) in [5.74, 6) is -0.395. The monoisotopic (exact) mass is 395 g/mol. The minimum atomic E-state index is -0.683. The number of nitrogens with zero attached hydrogens (tertiary/aromatic N) is 5. The van der Waals surface area contributed by atoms with Crippen molar-refractivity contribution in [3.05, 3.63) is 64.7 Å². The van der Waals surface area contributed by atoms with Crippen LogP contribution in [0, 0.1) is 5.82 Å². The van der Waals surface area contributed by atoms with E-state index >= 15 is 0 Å². The van der Waals surface area contributed by atoms with E-state index in [9.17, 15) is 14.0 Å². The number of fused-ring (bicyclic) bond motifs is 1. The van der Waals surface area contributed by atoms with Crippen LogP contribution < -0.4 is 10.5 Å². The van der Waals surface area contributed by atoms with E-state index < -0.39 is 6.04 Å². The second-order valence-electron chi connectivity index (χ2n) is 7.07. The molecule has 8 heteroatoms. The first kappa shape index (κ1) is 19.0. The van der Waals surface area contributed by atoms with Crippen LogP contribution in [0.4, 0.5) is 10.1 Å². The average Bonchev–Trinajstić information content (AvgIpc) is 2.76. The highest BCUT2D eigenvalue weighted by molar-refractivity contribution is 5.81. The number of carbonyl (C=O) groups excluding carboxylic acids is 1. The summed E-state index contributed by atoms with van der Waals surface area (Å²) in [5.41, 5.74) is 1.15. The lowest BCUT2D eigenvalue weighted by atomic mass is 10.1. The molecule has 1 saturated heterocycles. The largest absolute Gasteiger partial charge is 0.368 e. The lowest BCUT2D eigenvalue weighted by molar-refractivity contribution is -0.135. The molecule has 0 radical (unpaired) electrons. The van der Waals surface area contributed by atoms with Gasteiger partial charge in [-0.3, -0.25) is 9.59 Å². The number of benzene rings is 2. The maximum absolute atomic E-state index is 13.1. The molecule has 2 heterocycles. The normalized spacial score (nSPS) is 15.5. The lowest BCUT2D eigenvalue weighted by Crippen LogP contribution is -2.51. The van der Waals surface area contributed by atoms with E-state index in [2.05, 4.69) is 15.2 Å². The van der Waals surface area contributed by atoms with Crippen LogP contribution in [0.3, 0.4) is 0 Å². The molecule has 1 unspecified atom stereocenters. The summed E-state index contributed by atoms with van der Waals surface area (Å²) in [7, 11) is 0. The van der Waals surface area contributed by atoms with Crippen molar-refractivity contribution in [2.45, 2.75) is 19.4 Å². The van der Waals surface area contributed by atoms with Gasteiger partial charge in [-0.05, 0) is 42.8 Å². The van der Waals surface area contributed by atoms with Crippen molar-refractivity contribution >= 4 is 22.5 Å². The number of amides is 1. The number of hydrogen-bond donors (Lipinski definition) is 0. The standard InChI is InChI=1S/C21H22FN5O2/c1-2-19(27-20(28)17-5-3-4-6-18(17)23-24-27)21(29)26-13-11-25(12-14-26)16-9-7-15(22)8-10-16/h3-10,19H,2,11-14H2,1H3. The Morgan fingerprint density at radius 2 is 1.76 bits per heavy atom. The van der Waals surface area contributed by atoms with Gasteiger partial charge in [0.1, 0.15) is 17.4 Å². The van der Waals surface area contributed by atoms with E-state index in [-0.39, 0.29) is 17.3 Å². The Balaban J connectivity index is 1.51. The highest BCUT2D eigenvalue weighted by Crippen LogP contribution is 2.19.